The Bertz CT molecular complexity index is 1170. The van der Waals surface area contributed by atoms with Crippen LogP contribution < -0.4 is 10.6 Å². The molecule has 0 amide bonds. The number of carbonyl (C=O) groups is 2. The average Bonchev–Trinajstić information content (AvgIpc) is 2.82. The normalized spacial score (nSPS) is 12.1. The molecule has 196 valence electrons. The fraction of sp³-hybridized carbons (Fsp3) is 0.263. The summed E-state index contributed by atoms with van der Waals surface area (Å²) in [5, 5.41) is 68.0. The van der Waals surface area contributed by atoms with Crippen molar-refractivity contribution in [2.24, 2.45) is 0 Å². The highest BCUT2D eigenvalue weighted by Gasteiger charge is 2.27. The van der Waals surface area contributed by atoms with Gasteiger partial charge in [0.25, 0.3) is 22.7 Å². The molecule has 0 bridgehead atoms. The van der Waals surface area contributed by atoms with Crippen LogP contribution in [0.4, 0.5) is 34.1 Å². The Kier molecular flexibility index (Phi) is 8.89. The van der Waals surface area contributed by atoms with Gasteiger partial charge in [-0.25, -0.2) is 9.59 Å². The Balaban J connectivity index is 2.16. The Hall–Kier alpha value is -5.42. The van der Waals surface area contributed by atoms with Gasteiger partial charge in [0, 0.05) is 12.1 Å². The van der Waals surface area contributed by atoms with Crippen LogP contribution in [0.2, 0.25) is 0 Å². The number of aliphatic carboxylic acids is 2. The van der Waals surface area contributed by atoms with Crippen molar-refractivity contribution < 1.29 is 39.5 Å². The van der Waals surface area contributed by atoms with E-state index in [1.807, 2.05) is 0 Å². The molecule has 37 heavy (non-hydrogen) atoms. The number of rotatable bonds is 14. The molecular formula is C19H18N6O12. The Morgan fingerprint density at radius 1 is 0.676 bits per heavy atom. The zero-order chi connectivity index (χ0) is 27.9. The number of non-ortho nitro benzene ring substituents is 2. The second-order valence-electron chi connectivity index (χ2n) is 7.43. The van der Waals surface area contributed by atoms with Gasteiger partial charge in [0.15, 0.2) is 0 Å². The summed E-state index contributed by atoms with van der Waals surface area (Å²) in [7, 11) is 0. The van der Waals surface area contributed by atoms with E-state index in [9.17, 15) is 60.3 Å². The van der Waals surface area contributed by atoms with E-state index in [0.29, 0.717) is 12.1 Å². The minimum absolute atomic E-state index is 0.102. The molecule has 0 fully saturated rings. The Morgan fingerprint density at radius 3 is 1.30 bits per heavy atom. The van der Waals surface area contributed by atoms with Crippen LogP contribution >= 0.6 is 0 Å². The Labute approximate surface area is 205 Å². The van der Waals surface area contributed by atoms with Crippen LogP contribution in [0.5, 0.6) is 0 Å². The van der Waals surface area contributed by atoms with Crippen molar-refractivity contribution in [3.8, 4) is 0 Å². The molecule has 0 aliphatic rings. The third kappa shape index (κ3) is 7.28. The number of carboxylic acids is 2. The van der Waals surface area contributed by atoms with Gasteiger partial charge in [-0.15, -0.1) is 0 Å². The van der Waals surface area contributed by atoms with Gasteiger partial charge in [0.1, 0.15) is 23.5 Å². The first-order chi connectivity index (χ1) is 17.3. The topological polar surface area (TPSA) is 271 Å². The molecular weight excluding hydrogens is 504 g/mol. The number of nitro benzene ring substituents is 4. The monoisotopic (exact) mass is 522 g/mol. The van der Waals surface area contributed by atoms with E-state index < -0.39 is 66.5 Å². The number of benzene rings is 2. The standard InChI is InChI=1S/C19H18N6O12/c26-18(27)14(20-12-6-4-10(22(30)31)8-16(12)24(34)35)2-1-3-15(19(28)29)21-13-7-5-11(23(32)33)9-17(13)25(36)37/h4-9,14-15,20-21H,1-3H2,(H,26,27)(H,28,29)/t14-,15+. The highest BCUT2D eigenvalue weighted by Crippen LogP contribution is 2.31. The lowest BCUT2D eigenvalue weighted by Gasteiger charge is -2.18. The number of anilines is 2. The van der Waals surface area contributed by atoms with Crippen LogP contribution in [0.1, 0.15) is 19.3 Å². The summed E-state index contributed by atoms with van der Waals surface area (Å²) >= 11 is 0. The summed E-state index contributed by atoms with van der Waals surface area (Å²) in [6, 6.07) is 2.23. The molecule has 18 nitrogen and oxygen atoms in total. The zero-order valence-corrected chi connectivity index (χ0v) is 18.5. The summed E-state index contributed by atoms with van der Waals surface area (Å²) in [6.45, 7) is 0. The maximum absolute atomic E-state index is 11.7. The van der Waals surface area contributed by atoms with Gasteiger partial charge in [0.05, 0.1) is 31.8 Å². The van der Waals surface area contributed by atoms with Crippen molar-refractivity contribution in [1.29, 1.82) is 0 Å². The molecule has 4 N–H and O–H groups in total. The Morgan fingerprint density at radius 2 is 1.03 bits per heavy atom. The van der Waals surface area contributed by atoms with Crippen molar-refractivity contribution in [3.05, 3.63) is 76.9 Å². The maximum atomic E-state index is 11.7. The quantitative estimate of drug-likeness (QED) is 0.205. The predicted molar refractivity (Wildman–Crippen MR) is 123 cm³/mol. The first kappa shape index (κ1) is 27.8. The van der Waals surface area contributed by atoms with Crippen LogP contribution in [-0.4, -0.2) is 53.9 Å². The van der Waals surface area contributed by atoms with Gasteiger partial charge >= 0.3 is 11.9 Å². The highest BCUT2D eigenvalue weighted by molar-refractivity contribution is 5.80. The average molecular weight is 522 g/mol. The fourth-order valence-electron chi connectivity index (χ4n) is 3.23. The van der Waals surface area contributed by atoms with Gasteiger partial charge in [0.2, 0.25) is 0 Å². The molecule has 0 spiro atoms. The molecule has 0 saturated heterocycles. The lowest BCUT2D eigenvalue weighted by molar-refractivity contribution is -0.393. The fourth-order valence-corrected chi connectivity index (χ4v) is 3.23. The van der Waals surface area contributed by atoms with E-state index in [0.717, 1.165) is 24.3 Å². The molecule has 2 aromatic carbocycles. The molecule has 18 heteroatoms. The van der Waals surface area contributed by atoms with E-state index >= 15 is 0 Å². The molecule has 0 aliphatic carbocycles. The van der Waals surface area contributed by atoms with Gasteiger partial charge in [-0.05, 0) is 31.4 Å². The summed E-state index contributed by atoms with van der Waals surface area (Å²) in [6.07, 6.45) is -0.607. The number of hydrogen-bond acceptors (Lipinski definition) is 12. The van der Waals surface area contributed by atoms with Crippen molar-refractivity contribution in [2.45, 2.75) is 31.3 Å². The predicted octanol–water partition coefficient (Wildman–Crippen LogP) is 2.92. The summed E-state index contributed by atoms with van der Waals surface area (Å²) in [5.74, 6) is -2.89. The molecule has 0 saturated carbocycles. The van der Waals surface area contributed by atoms with Gasteiger partial charge in [-0.2, -0.15) is 0 Å². The van der Waals surface area contributed by atoms with E-state index in [1.165, 1.54) is 0 Å². The number of nitrogens with one attached hydrogen (secondary N) is 2. The smallest absolute Gasteiger partial charge is 0.326 e. The van der Waals surface area contributed by atoms with Gasteiger partial charge in [-0.1, -0.05) is 0 Å². The molecule has 0 heterocycles. The summed E-state index contributed by atoms with van der Waals surface area (Å²) in [4.78, 5) is 64.0. The lowest BCUT2D eigenvalue weighted by Crippen LogP contribution is -2.32. The highest BCUT2D eigenvalue weighted by atomic mass is 16.6. The van der Waals surface area contributed by atoms with E-state index in [1.54, 1.807) is 0 Å². The SMILES string of the molecule is O=C(O)[C@H](CCC[C@@H](Nc1ccc([N+](=O)[O-])cc1[N+](=O)[O-])C(=O)O)Nc1ccc([N+](=O)[O-])cc1[N+](=O)[O-]. The number of carboxylic acid groups (broad SMARTS) is 2. The van der Waals surface area contributed by atoms with Gasteiger partial charge < -0.3 is 20.8 Å². The molecule has 0 aliphatic heterocycles. The third-order valence-electron chi connectivity index (χ3n) is 5.02. The number of nitro groups is 4. The van der Waals surface area contributed by atoms with Gasteiger partial charge in [-0.3, -0.25) is 40.5 Å². The minimum Gasteiger partial charge on any atom is -0.480 e. The zero-order valence-electron chi connectivity index (χ0n) is 18.5. The molecule has 2 atom stereocenters. The summed E-state index contributed by atoms with van der Waals surface area (Å²) < 4.78 is 0. The van der Waals surface area contributed by atoms with Crippen molar-refractivity contribution in [2.75, 3.05) is 10.6 Å². The first-order valence-electron chi connectivity index (χ1n) is 10.2. The van der Waals surface area contributed by atoms with Crippen molar-refractivity contribution in [3.63, 3.8) is 0 Å². The third-order valence-corrected chi connectivity index (χ3v) is 5.02. The lowest BCUT2D eigenvalue weighted by atomic mass is 10.0. The molecule has 2 rings (SSSR count). The molecule has 2 aromatic rings. The van der Waals surface area contributed by atoms with Crippen LogP contribution in [0.15, 0.2) is 36.4 Å². The molecule has 0 unspecified atom stereocenters. The maximum Gasteiger partial charge on any atom is 0.326 e. The second kappa shape index (κ2) is 11.8. The van der Waals surface area contributed by atoms with Crippen LogP contribution in [0.25, 0.3) is 0 Å². The molecule has 0 radical (unpaired) electrons. The van der Waals surface area contributed by atoms with E-state index in [4.69, 9.17) is 0 Å². The van der Waals surface area contributed by atoms with Crippen molar-refractivity contribution in [1.82, 2.24) is 0 Å². The molecule has 0 aromatic heterocycles. The van der Waals surface area contributed by atoms with Crippen LogP contribution in [-0.2, 0) is 9.59 Å². The summed E-state index contributed by atoms with van der Waals surface area (Å²) in [5.41, 5.74) is -3.26. The first-order valence-corrected chi connectivity index (χ1v) is 10.2. The number of nitrogens with zero attached hydrogens (tertiary/aromatic N) is 4. The van der Waals surface area contributed by atoms with E-state index in [2.05, 4.69) is 10.6 Å². The number of hydrogen-bond donors (Lipinski definition) is 4. The second-order valence-corrected chi connectivity index (χ2v) is 7.43. The largest absolute Gasteiger partial charge is 0.480 e. The van der Waals surface area contributed by atoms with Crippen molar-refractivity contribution >= 4 is 46.1 Å². The minimum atomic E-state index is -1.46. The van der Waals surface area contributed by atoms with E-state index in [-0.39, 0.29) is 30.6 Å². The van der Waals surface area contributed by atoms with Crippen LogP contribution in [0.3, 0.4) is 0 Å². The van der Waals surface area contributed by atoms with Crippen LogP contribution in [0, 0.1) is 40.5 Å².